The summed E-state index contributed by atoms with van der Waals surface area (Å²) in [6.07, 6.45) is -1.03. The Morgan fingerprint density at radius 3 is 2.65 bits per heavy atom. The number of hydrogen-bond acceptors (Lipinski definition) is 5. The summed E-state index contributed by atoms with van der Waals surface area (Å²) in [5.41, 5.74) is 5.61. The number of halogens is 3. The summed E-state index contributed by atoms with van der Waals surface area (Å²) in [5, 5.41) is 0. The molecule has 1 aromatic rings. The lowest BCUT2D eigenvalue weighted by Crippen LogP contribution is -2.39. The summed E-state index contributed by atoms with van der Waals surface area (Å²) in [6, 6.07) is 2.02. The molecule has 0 amide bonds. The van der Waals surface area contributed by atoms with Gasteiger partial charge in [0.15, 0.2) is 6.61 Å². The molecule has 3 N–H and O–H groups in total. The average Bonchev–Trinajstić information content (AvgIpc) is 2.91. The van der Waals surface area contributed by atoms with Crippen LogP contribution in [0.1, 0.15) is 19.3 Å². The Labute approximate surface area is 132 Å². The summed E-state index contributed by atoms with van der Waals surface area (Å²) < 4.78 is 67.7. The minimum Gasteiger partial charge on any atom is -0.468 e. The zero-order valence-corrected chi connectivity index (χ0v) is 13.0. The van der Waals surface area contributed by atoms with Crippen molar-refractivity contribution in [1.82, 2.24) is 9.71 Å². The van der Waals surface area contributed by atoms with Gasteiger partial charge >= 0.3 is 6.18 Å². The molecule has 0 radical (unpaired) electrons. The molecular weight excluding hydrogens is 335 g/mol. The van der Waals surface area contributed by atoms with Crippen molar-refractivity contribution in [2.24, 2.45) is 11.7 Å². The Bertz CT molecular complexity index is 620. The van der Waals surface area contributed by atoms with Crippen molar-refractivity contribution in [2.75, 3.05) is 13.2 Å². The zero-order chi connectivity index (χ0) is 17.1. The van der Waals surface area contributed by atoms with Crippen molar-refractivity contribution in [3.8, 4) is 5.88 Å². The number of sulfonamides is 1. The molecule has 1 saturated carbocycles. The maximum Gasteiger partial charge on any atom is 0.422 e. The lowest BCUT2D eigenvalue weighted by Gasteiger charge is -2.19. The van der Waals surface area contributed by atoms with Crippen molar-refractivity contribution >= 4 is 10.0 Å². The molecule has 0 aromatic carbocycles. The maximum atomic E-state index is 12.3. The number of alkyl halides is 3. The van der Waals surface area contributed by atoms with E-state index in [4.69, 9.17) is 5.73 Å². The van der Waals surface area contributed by atoms with Gasteiger partial charge in [-0.05, 0) is 31.4 Å². The number of pyridine rings is 1. The fraction of sp³-hybridized carbons (Fsp3) is 0.615. The number of nitrogens with two attached hydrogens (primary N) is 1. The van der Waals surface area contributed by atoms with Gasteiger partial charge in [0.2, 0.25) is 15.9 Å². The Morgan fingerprint density at radius 2 is 2.09 bits per heavy atom. The Balaban J connectivity index is 2.02. The van der Waals surface area contributed by atoms with Crippen molar-refractivity contribution in [3.05, 3.63) is 18.3 Å². The molecular formula is C13H18F3N3O3S. The standard InChI is InChI=1S/C13H18F3N3O3S/c14-13(15,16)8-22-12-5-4-10(7-18-12)23(20,21)19-11-3-1-2-9(11)6-17/h4-5,7,9,11,19H,1-3,6,8,17H2. The third kappa shape index (κ3) is 5.05. The number of nitrogens with zero attached hydrogens (tertiary/aromatic N) is 1. The molecule has 0 bridgehead atoms. The highest BCUT2D eigenvalue weighted by molar-refractivity contribution is 7.89. The van der Waals surface area contributed by atoms with Gasteiger partial charge in [0.05, 0.1) is 6.20 Å². The van der Waals surface area contributed by atoms with Gasteiger partial charge in [-0.25, -0.2) is 18.1 Å². The van der Waals surface area contributed by atoms with E-state index >= 15 is 0 Å². The van der Waals surface area contributed by atoms with Gasteiger partial charge in [0.25, 0.3) is 0 Å². The largest absolute Gasteiger partial charge is 0.468 e. The van der Waals surface area contributed by atoms with E-state index in [1.807, 2.05) is 0 Å². The van der Waals surface area contributed by atoms with Crippen molar-refractivity contribution in [3.63, 3.8) is 0 Å². The number of aromatic nitrogens is 1. The van der Waals surface area contributed by atoms with E-state index in [0.29, 0.717) is 13.0 Å². The van der Waals surface area contributed by atoms with Crippen LogP contribution in [-0.4, -0.2) is 38.8 Å². The van der Waals surface area contributed by atoms with E-state index in [9.17, 15) is 21.6 Å². The number of ether oxygens (including phenoxy) is 1. The number of nitrogens with one attached hydrogen (secondary N) is 1. The smallest absolute Gasteiger partial charge is 0.422 e. The summed E-state index contributed by atoms with van der Waals surface area (Å²) in [7, 11) is -3.79. The molecule has 2 unspecified atom stereocenters. The van der Waals surface area contributed by atoms with Gasteiger partial charge < -0.3 is 10.5 Å². The highest BCUT2D eigenvalue weighted by Gasteiger charge is 2.31. The van der Waals surface area contributed by atoms with E-state index in [1.165, 1.54) is 0 Å². The van der Waals surface area contributed by atoms with Gasteiger partial charge in [-0.2, -0.15) is 13.2 Å². The first-order chi connectivity index (χ1) is 10.7. The van der Waals surface area contributed by atoms with E-state index < -0.39 is 22.8 Å². The molecule has 10 heteroatoms. The van der Waals surface area contributed by atoms with Crippen LogP contribution in [0, 0.1) is 5.92 Å². The van der Waals surface area contributed by atoms with Gasteiger partial charge in [0.1, 0.15) is 4.90 Å². The average molecular weight is 353 g/mol. The first-order valence-corrected chi connectivity index (χ1v) is 8.57. The minimum absolute atomic E-state index is 0.0899. The molecule has 1 aliphatic rings. The topological polar surface area (TPSA) is 94.3 Å². The molecule has 2 rings (SSSR count). The van der Waals surface area contributed by atoms with E-state index in [0.717, 1.165) is 31.2 Å². The van der Waals surface area contributed by atoms with Crippen molar-refractivity contribution in [1.29, 1.82) is 0 Å². The number of rotatable bonds is 6. The zero-order valence-electron chi connectivity index (χ0n) is 12.2. The first kappa shape index (κ1) is 18.0. The second-order valence-electron chi connectivity index (χ2n) is 5.39. The van der Waals surface area contributed by atoms with E-state index in [1.54, 1.807) is 0 Å². The fourth-order valence-corrected chi connectivity index (χ4v) is 3.79. The summed E-state index contributed by atoms with van der Waals surface area (Å²) in [4.78, 5) is 3.47. The van der Waals surface area contributed by atoms with Gasteiger partial charge in [-0.1, -0.05) is 6.42 Å². The molecule has 0 saturated heterocycles. The second kappa shape index (κ2) is 7.02. The Hall–Kier alpha value is -1.39. The van der Waals surface area contributed by atoms with E-state index in [-0.39, 0.29) is 22.7 Å². The third-order valence-electron chi connectivity index (χ3n) is 3.67. The van der Waals surface area contributed by atoms with Gasteiger partial charge in [-0.15, -0.1) is 0 Å². The third-order valence-corrected chi connectivity index (χ3v) is 5.15. The summed E-state index contributed by atoms with van der Waals surface area (Å²) in [6.45, 7) is -1.08. The minimum atomic E-state index is -4.48. The molecule has 0 aliphatic heterocycles. The quantitative estimate of drug-likeness (QED) is 0.807. The monoisotopic (exact) mass is 353 g/mol. The number of hydrogen-bond donors (Lipinski definition) is 2. The van der Waals surface area contributed by atoms with Crippen molar-refractivity contribution < 1.29 is 26.3 Å². The second-order valence-corrected chi connectivity index (χ2v) is 7.10. The SMILES string of the molecule is NCC1CCCC1NS(=O)(=O)c1ccc(OCC(F)(F)F)nc1. The fourth-order valence-electron chi connectivity index (χ4n) is 2.51. The predicted molar refractivity (Wildman–Crippen MR) is 76.3 cm³/mol. The lowest BCUT2D eigenvalue weighted by molar-refractivity contribution is -0.154. The highest BCUT2D eigenvalue weighted by atomic mass is 32.2. The Morgan fingerprint density at radius 1 is 1.35 bits per heavy atom. The molecule has 1 heterocycles. The van der Waals surface area contributed by atoms with Crippen LogP contribution in [0.15, 0.2) is 23.2 Å². The maximum absolute atomic E-state index is 12.3. The van der Waals surface area contributed by atoms with Crippen LogP contribution in [-0.2, 0) is 10.0 Å². The van der Waals surface area contributed by atoms with Crippen LogP contribution >= 0.6 is 0 Å². The van der Waals surface area contributed by atoms with Crippen LogP contribution in [0.25, 0.3) is 0 Å². The van der Waals surface area contributed by atoms with Crippen molar-refractivity contribution in [2.45, 2.75) is 36.4 Å². The van der Waals surface area contributed by atoms with Crippen LogP contribution in [0.3, 0.4) is 0 Å². The first-order valence-electron chi connectivity index (χ1n) is 7.09. The lowest BCUT2D eigenvalue weighted by atomic mass is 10.1. The predicted octanol–water partition coefficient (Wildman–Crippen LogP) is 1.43. The highest BCUT2D eigenvalue weighted by Crippen LogP contribution is 2.26. The molecule has 1 aliphatic carbocycles. The van der Waals surface area contributed by atoms with Crippen LogP contribution < -0.4 is 15.2 Å². The Kier molecular flexibility index (Phi) is 5.48. The molecule has 1 fully saturated rings. The summed E-state index contributed by atoms with van der Waals surface area (Å²) in [5.74, 6) is -0.200. The normalized spacial score (nSPS) is 22.3. The van der Waals surface area contributed by atoms with Crippen LogP contribution in [0.5, 0.6) is 5.88 Å². The van der Waals surface area contributed by atoms with Gasteiger partial charge in [-0.3, -0.25) is 0 Å². The van der Waals surface area contributed by atoms with Crippen LogP contribution in [0.4, 0.5) is 13.2 Å². The molecule has 6 nitrogen and oxygen atoms in total. The van der Waals surface area contributed by atoms with Crippen LogP contribution in [0.2, 0.25) is 0 Å². The molecule has 0 spiro atoms. The van der Waals surface area contributed by atoms with Gasteiger partial charge in [0, 0.05) is 12.1 Å². The van der Waals surface area contributed by atoms with E-state index in [2.05, 4.69) is 14.4 Å². The molecule has 130 valence electrons. The molecule has 2 atom stereocenters. The molecule has 1 aromatic heterocycles. The summed E-state index contributed by atoms with van der Waals surface area (Å²) >= 11 is 0. The molecule has 23 heavy (non-hydrogen) atoms.